The summed E-state index contributed by atoms with van der Waals surface area (Å²) in [6.07, 6.45) is 0. The highest BCUT2D eigenvalue weighted by Crippen LogP contribution is 2.52. The lowest BCUT2D eigenvalue weighted by Crippen LogP contribution is -2.16. The van der Waals surface area contributed by atoms with Crippen molar-refractivity contribution in [3.8, 4) is 61.5 Å². The van der Waals surface area contributed by atoms with Crippen molar-refractivity contribution in [2.24, 2.45) is 0 Å². The summed E-state index contributed by atoms with van der Waals surface area (Å²) in [6, 6.07) is 93.7. The standard InChI is InChI=1S/C67H48N2/c1-67(2)61-31-17-16-29-56(61)57-42-41-53(43-62(57)67)68(51-37-33-46(34-38-51)45-19-6-3-7-20-45)52-39-35-48(36-40-52)59-44-60-64(49-22-8-4-9-23-49)65(50-24-10-5-11-25-50)69(66(60)58-30-15-14-28-55(58)59)63-32-18-26-47-21-12-13-27-54(47)63/h3-44H,1-2H3. The average Bonchev–Trinajstić information content (AvgIpc) is 3.88. The summed E-state index contributed by atoms with van der Waals surface area (Å²) < 4.78 is 2.54. The molecule has 0 bridgehead atoms. The molecule has 13 rings (SSSR count). The minimum Gasteiger partial charge on any atom is -0.310 e. The van der Waals surface area contributed by atoms with E-state index < -0.39 is 0 Å². The van der Waals surface area contributed by atoms with Gasteiger partial charge in [-0.3, -0.25) is 0 Å². The zero-order chi connectivity index (χ0) is 46.1. The van der Waals surface area contributed by atoms with E-state index in [2.05, 4.69) is 278 Å². The van der Waals surface area contributed by atoms with E-state index in [4.69, 9.17) is 0 Å². The van der Waals surface area contributed by atoms with Crippen molar-refractivity contribution in [3.63, 3.8) is 0 Å². The quantitative estimate of drug-likeness (QED) is 0.148. The van der Waals surface area contributed by atoms with Gasteiger partial charge in [-0.15, -0.1) is 0 Å². The SMILES string of the molecule is CC1(C)c2ccccc2-c2ccc(N(c3ccc(-c4ccccc4)cc3)c3ccc(-c4cc5c(-c6ccccc6)c(-c6ccccc6)n(-c6cccc7ccccc67)c5c5ccccc45)cc3)cc21. The molecule has 0 fully saturated rings. The molecule has 1 aliphatic rings. The van der Waals surface area contributed by atoms with Gasteiger partial charge in [0.15, 0.2) is 0 Å². The molecule has 2 nitrogen and oxygen atoms in total. The first-order chi connectivity index (χ1) is 34.0. The molecule has 0 saturated carbocycles. The van der Waals surface area contributed by atoms with Gasteiger partial charge in [0.2, 0.25) is 0 Å². The Balaban J connectivity index is 1.02. The Labute approximate surface area is 403 Å². The van der Waals surface area contributed by atoms with Gasteiger partial charge in [0, 0.05) is 44.2 Å². The summed E-state index contributed by atoms with van der Waals surface area (Å²) in [4.78, 5) is 2.42. The highest BCUT2D eigenvalue weighted by molar-refractivity contribution is 6.20. The predicted octanol–water partition coefficient (Wildman–Crippen LogP) is 18.4. The third kappa shape index (κ3) is 6.63. The van der Waals surface area contributed by atoms with Crippen molar-refractivity contribution >= 4 is 49.5 Å². The number of nitrogens with zero attached hydrogens (tertiary/aromatic N) is 2. The van der Waals surface area contributed by atoms with E-state index in [1.165, 1.54) is 99.3 Å². The smallest absolute Gasteiger partial charge is 0.0620 e. The number of hydrogen-bond acceptors (Lipinski definition) is 1. The Bertz CT molecular complexity index is 3880. The van der Waals surface area contributed by atoms with Gasteiger partial charge < -0.3 is 9.47 Å². The third-order valence-corrected chi connectivity index (χ3v) is 14.6. The molecule has 0 aliphatic heterocycles. The number of hydrogen-bond donors (Lipinski definition) is 0. The monoisotopic (exact) mass is 880 g/mol. The molecular weight excluding hydrogens is 833 g/mol. The van der Waals surface area contributed by atoms with Crippen LogP contribution in [-0.2, 0) is 5.41 Å². The van der Waals surface area contributed by atoms with Crippen molar-refractivity contribution in [1.29, 1.82) is 0 Å². The molecule has 0 atom stereocenters. The Morgan fingerprint density at radius 3 is 1.57 bits per heavy atom. The van der Waals surface area contributed by atoms with Crippen LogP contribution in [0.15, 0.2) is 255 Å². The fourth-order valence-electron chi connectivity index (χ4n) is 11.3. The van der Waals surface area contributed by atoms with Gasteiger partial charge in [0.05, 0.1) is 16.9 Å². The lowest BCUT2D eigenvalue weighted by molar-refractivity contribution is 0.660. The molecule has 0 radical (unpaired) electrons. The van der Waals surface area contributed by atoms with Crippen LogP contribution in [-0.4, -0.2) is 4.57 Å². The van der Waals surface area contributed by atoms with Crippen LogP contribution in [0.3, 0.4) is 0 Å². The summed E-state index contributed by atoms with van der Waals surface area (Å²) in [5.74, 6) is 0. The lowest BCUT2D eigenvalue weighted by atomic mass is 9.82. The molecule has 1 heterocycles. The average molecular weight is 881 g/mol. The second-order valence-corrected chi connectivity index (χ2v) is 18.9. The number of anilines is 3. The summed E-state index contributed by atoms with van der Waals surface area (Å²) in [5.41, 5.74) is 20.5. The molecule has 12 aromatic rings. The first-order valence-electron chi connectivity index (χ1n) is 24.0. The van der Waals surface area contributed by atoms with Crippen molar-refractivity contribution in [2.75, 3.05) is 4.90 Å². The maximum Gasteiger partial charge on any atom is 0.0620 e. The Morgan fingerprint density at radius 1 is 0.333 bits per heavy atom. The molecule has 0 amide bonds. The molecule has 0 spiro atoms. The number of benzene rings is 11. The summed E-state index contributed by atoms with van der Waals surface area (Å²) in [5, 5.41) is 6.07. The van der Waals surface area contributed by atoms with Gasteiger partial charge in [-0.05, 0) is 115 Å². The topological polar surface area (TPSA) is 8.17 Å². The molecule has 1 aliphatic carbocycles. The maximum atomic E-state index is 2.54. The van der Waals surface area contributed by atoms with Gasteiger partial charge >= 0.3 is 0 Å². The molecular formula is C67H48N2. The first-order valence-corrected chi connectivity index (χ1v) is 24.0. The van der Waals surface area contributed by atoms with E-state index in [-0.39, 0.29) is 5.41 Å². The predicted molar refractivity (Wildman–Crippen MR) is 292 cm³/mol. The van der Waals surface area contributed by atoms with E-state index in [0.717, 1.165) is 22.7 Å². The Hall–Kier alpha value is -8.72. The van der Waals surface area contributed by atoms with Crippen LogP contribution in [0.1, 0.15) is 25.0 Å². The molecule has 0 saturated heterocycles. The van der Waals surface area contributed by atoms with Crippen LogP contribution in [0.4, 0.5) is 17.1 Å². The van der Waals surface area contributed by atoms with Crippen molar-refractivity contribution in [2.45, 2.75) is 19.3 Å². The Kier molecular flexibility index (Phi) is 9.55. The molecule has 2 heteroatoms. The molecule has 326 valence electrons. The van der Waals surface area contributed by atoms with Crippen LogP contribution in [0.2, 0.25) is 0 Å². The fourth-order valence-corrected chi connectivity index (χ4v) is 11.3. The fraction of sp³-hybridized carbons (Fsp3) is 0.0448. The summed E-state index contributed by atoms with van der Waals surface area (Å²) >= 11 is 0. The van der Waals surface area contributed by atoms with Crippen LogP contribution >= 0.6 is 0 Å². The van der Waals surface area contributed by atoms with E-state index in [0.29, 0.717) is 0 Å². The molecule has 11 aromatic carbocycles. The first kappa shape index (κ1) is 40.5. The third-order valence-electron chi connectivity index (χ3n) is 14.6. The second kappa shape index (κ2) is 16.3. The molecule has 0 N–H and O–H groups in total. The zero-order valence-electron chi connectivity index (χ0n) is 38.6. The van der Waals surface area contributed by atoms with Gasteiger partial charge in [-0.25, -0.2) is 0 Å². The number of rotatable bonds is 8. The molecule has 69 heavy (non-hydrogen) atoms. The van der Waals surface area contributed by atoms with Crippen molar-refractivity contribution in [3.05, 3.63) is 266 Å². The van der Waals surface area contributed by atoms with Crippen molar-refractivity contribution < 1.29 is 0 Å². The van der Waals surface area contributed by atoms with E-state index in [9.17, 15) is 0 Å². The van der Waals surface area contributed by atoms with Crippen LogP contribution in [0.25, 0.3) is 93.9 Å². The van der Waals surface area contributed by atoms with Gasteiger partial charge in [-0.2, -0.15) is 0 Å². The normalized spacial score (nSPS) is 12.6. The van der Waals surface area contributed by atoms with Crippen LogP contribution in [0.5, 0.6) is 0 Å². The lowest BCUT2D eigenvalue weighted by Gasteiger charge is -2.28. The van der Waals surface area contributed by atoms with Gasteiger partial charge in [-0.1, -0.05) is 220 Å². The number of fused-ring (bicyclic) bond motifs is 7. The largest absolute Gasteiger partial charge is 0.310 e. The summed E-state index contributed by atoms with van der Waals surface area (Å²) in [7, 11) is 0. The van der Waals surface area contributed by atoms with Crippen LogP contribution < -0.4 is 4.90 Å². The number of aromatic nitrogens is 1. The van der Waals surface area contributed by atoms with Crippen LogP contribution in [0, 0.1) is 0 Å². The summed E-state index contributed by atoms with van der Waals surface area (Å²) in [6.45, 7) is 4.72. The minimum atomic E-state index is -0.125. The highest BCUT2D eigenvalue weighted by atomic mass is 15.1. The minimum absolute atomic E-state index is 0.125. The van der Waals surface area contributed by atoms with Gasteiger partial charge in [0.25, 0.3) is 0 Å². The zero-order valence-corrected chi connectivity index (χ0v) is 38.6. The molecule has 1 aromatic heterocycles. The van der Waals surface area contributed by atoms with E-state index in [1.54, 1.807) is 0 Å². The van der Waals surface area contributed by atoms with E-state index >= 15 is 0 Å². The van der Waals surface area contributed by atoms with Gasteiger partial charge in [0.1, 0.15) is 0 Å². The Morgan fingerprint density at radius 2 is 0.855 bits per heavy atom. The maximum absolute atomic E-state index is 2.54. The molecule has 0 unspecified atom stereocenters. The second-order valence-electron chi connectivity index (χ2n) is 18.9. The van der Waals surface area contributed by atoms with E-state index in [1.807, 2.05) is 0 Å². The van der Waals surface area contributed by atoms with Crippen molar-refractivity contribution in [1.82, 2.24) is 4.57 Å². The highest BCUT2D eigenvalue weighted by Gasteiger charge is 2.36.